The highest BCUT2D eigenvalue weighted by molar-refractivity contribution is 5.75. The molecule has 0 spiro atoms. The summed E-state index contributed by atoms with van der Waals surface area (Å²) in [6.45, 7) is 4.49. The van der Waals surface area contributed by atoms with Crippen molar-refractivity contribution in [2.24, 2.45) is 11.8 Å². The van der Waals surface area contributed by atoms with E-state index in [0.717, 1.165) is 18.4 Å². The molecular weight excluding hydrogens is 528 g/mol. The molecule has 0 heterocycles. The number of carbonyl (C=O) groups is 2. The molecule has 2 rings (SSSR count). The van der Waals surface area contributed by atoms with Gasteiger partial charge in [-0.15, -0.1) is 10.1 Å². The second kappa shape index (κ2) is 19.0. The third-order valence-corrected chi connectivity index (χ3v) is 7.26. The number of ether oxygens (including phenoxy) is 1. The van der Waals surface area contributed by atoms with E-state index in [9.17, 15) is 29.9 Å². The summed E-state index contributed by atoms with van der Waals surface area (Å²) >= 11 is 0. The minimum atomic E-state index is -1.07. The van der Waals surface area contributed by atoms with E-state index in [4.69, 9.17) is 9.57 Å². The van der Waals surface area contributed by atoms with Gasteiger partial charge in [-0.05, 0) is 63.0 Å². The minimum absolute atomic E-state index is 0.00473. The van der Waals surface area contributed by atoms with E-state index < -0.39 is 41.2 Å². The number of benzene rings is 1. The predicted octanol–water partition coefficient (Wildman–Crippen LogP) is 4.81. The summed E-state index contributed by atoms with van der Waals surface area (Å²) in [5.41, 5.74) is 1.02. The Bertz CT molecular complexity index is 997. The van der Waals surface area contributed by atoms with Gasteiger partial charge < -0.3 is 20.3 Å². The monoisotopic (exact) mass is 574 g/mol. The molecule has 0 radical (unpaired) electrons. The maximum atomic E-state index is 12.6. The van der Waals surface area contributed by atoms with Crippen molar-refractivity contribution in [1.29, 1.82) is 0 Å². The third kappa shape index (κ3) is 12.9. The zero-order valence-corrected chi connectivity index (χ0v) is 24.3. The predicted molar refractivity (Wildman–Crippen MR) is 155 cm³/mol. The summed E-state index contributed by atoms with van der Waals surface area (Å²) in [7, 11) is 0. The van der Waals surface area contributed by atoms with Crippen molar-refractivity contribution in [2.75, 3.05) is 6.54 Å². The first-order valence-electron chi connectivity index (χ1n) is 14.8. The van der Waals surface area contributed by atoms with E-state index in [1.165, 1.54) is 6.08 Å². The molecule has 1 aromatic carbocycles. The van der Waals surface area contributed by atoms with Gasteiger partial charge in [-0.2, -0.15) is 0 Å². The van der Waals surface area contributed by atoms with E-state index in [1.54, 1.807) is 0 Å². The van der Waals surface area contributed by atoms with E-state index in [-0.39, 0.29) is 24.5 Å². The first-order chi connectivity index (χ1) is 19.7. The third-order valence-electron chi connectivity index (χ3n) is 7.26. The van der Waals surface area contributed by atoms with Gasteiger partial charge in [0.05, 0.1) is 12.2 Å². The molecule has 1 amide bonds. The molecular formula is C31H46N2O8. The van der Waals surface area contributed by atoms with Crippen molar-refractivity contribution in [3.8, 4) is 0 Å². The van der Waals surface area contributed by atoms with Crippen LogP contribution >= 0.6 is 0 Å². The molecule has 5 atom stereocenters. The van der Waals surface area contributed by atoms with Gasteiger partial charge in [0, 0.05) is 31.7 Å². The second-order valence-corrected chi connectivity index (χ2v) is 10.5. The zero-order chi connectivity index (χ0) is 30.0. The van der Waals surface area contributed by atoms with Crippen LogP contribution < -0.4 is 5.32 Å². The topological polar surface area (TPSA) is 148 Å². The van der Waals surface area contributed by atoms with Crippen LogP contribution in [0.15, 0.2) is 54.3 Å². The number of aliphatic hydroxyl groups excluding tert-OH is 2. The largest absolute Gasteiger partial charge is 0.458 e. The lowest BCUT2D eigenvalue weighted by Gasteiger charge is -2.25. The molecule has 1 aromatic rings. The summed E-state index contributed by atoms with van der Waals surface area (Å²) in [5.74, 6) is -1.91. The van der Waals surface area contributed by atoms with Crippen LogP contribution in [0.2, 0.25) is 0 Å². The number of allylic oxidation sites excluding steroid dienone is 2. The number of carbonyl (C=O) groups excluding carboxylic acids is 2. The average molecular weight is 575 g/mol. The Morgan fingerprint density at radius 3 is 2.54 bits per heavy atom. The Kier molecular flexibility index (Phi) is 15.7. The Morgan fingerprint density at radius 2 is 1.85 bits per heavy atom. The summed E-state index contributed by atoms with van der Waals surface area (Å²) < 4.78 is 5.74. The number of aliphatic hydroxyl groups is 2. The number of nitrogens with zero attached hydrogens (tertiary/aromatic N) is 1. The minimum Gasteiger partial charge on any atom is -0.458 e. The van der Waals surface area contributed by atoms with Crippen molar-refractivity contribution in [3.05, 3.63) is 70.0 Å². The molecule has 0 bridgehead atoms. The fourth-order valence-electron chi connectivity index (χ4n) is 5.18. The Hall–Kier alpha value is -3.24. The van der Waals surface area contributed by atoms with E-state index in [2.05, 4.69) is 5.32 Å². The number of nitrogens with one attached hydrogen (secondary N) is 1. The highest BCUT2D eigenvalue weighted by atomic mass is 17.0. The van der Waals surface area contributed by atoms with Crippen molar-refractivity contribution >= 4 is 11.9 Å². The van der Waals surface area contributed by atoms with Crippen LogP contribution in [-0.4, -0.2) is 52.0 Å². The molecule has 228 valence electrons. The zero-order valence-electron chi connectivity index (χ0n) is 24.3. The van der Waals surface area contributed by atoms with Gasteiger partial charge in [-0.1, -0.05) is 62.2 Å². The molecule has 1 saturated carbocycles. The van der Waals surface area contributed by atoms with Crippen LogP contribution in [-0.2, 0) is 25.6 Å². The highest BCUT2D eigenvalue weighted by Crippen LogP contribution is 2.40. The van der Waals surface area contributed by atoms with Crippen molar-refractivity contribution in [2.45, 2.75) is 103 Å². The van der Waals surface area contributed by atoms with E-state index in [1.807, 2.05) is 56.3 Å². The number of esters is 1. The molecule has 1 aliphatic rings. The summed E-state index contributed by atoms with van der Waals surface area (Å²) in [6.07, 6.45) is 8.29. The molecule has 3 N–H and O–H groups in total. The van der Waals surface area contributed by atoms with Crippen LogP contribution in [0.5, 0.6) is 0 Å². The molecule has 0 aliphatic heterocycles. The Labute approximate surface area is 242 Å². The number of amides is 1. The highest BCUT2D eigenvalue weighted by Gasteiger charge is 2.44. The molecule has 0 unspecified atom stereocenters. The van der Waals surface area contributed by atoms with Crippen molar-refractivity contribution < 1.29 is 34.5 Å². The SMILES string of the molecule is CCCCCC(=O)O[C@H](/C=C(/O[N+](=O)[O-])[C@@H]1[C@@H](C/C=C\CCCC(=O)NCC)[C@@H](O)C[C@H]1O)CCc1ccccc1. The quantitative estimate of drug-likeness (QED) is 0.0532. The summed E-state index contributed by atoms with van der Waals surface area (Å²) in [4.78, 5) is 40.7. The van der Waals surface area contributed by atoms with E-state index in [0.29, 0.717) is 51.5 Å². The van der Waals surface area contributed by atoms with Gasteiger partial charge in [0.1, 0.15) is 11.9 Å². The fraction of sp³-hybridized carbons (Fsp3) is 0.613. The first kappa shape index (κ1) is 34.0. The fourth-order valence-corrected chi connectivity index (χ4v) is 5.18. The average Bonchev–Trinajstić information content (AvgIpc) is 3.21. The summed E-state index contributed by atoms with van der Waals surface area (Å²) in [5, 5.41) is 34.9. The van der Waals surface area contributed by atoms with Crippen LogP contribution in [0.1, 0.15) is 83.6 Å². The van der Waals surface area contributed by atoms with Crippen LogP contribution in [0, 0.1) is 22.0 Å². The number of hydrogen-bond donors (Lipinski definition) is 3. The lowest BCUT2D eigenvalue weighted by atomic mass is 9.88. The van der Waals surface area contributed by atoms with Crippen LogP contribution in [0.25, 0.3) is 0 Å². The molecule has 0 saturated heterocycles. The molecule has 0 aromatic heterocycles. The first-order valence-corrected chi connectivity index (χ1v) is 14.8. The molecule has 10 nitrogen and oxygen atoms in total. The van der Waals surface area contributed by atoms with Crippen molar-refractivity contribution in [3.63, 3.8) is 0 Å². The van der Waals surface area contributed by atoms with E-state index >= 15 is 0 Å². The standard InChI is InChI=1S/C31H46N2O8/c1-3-5-9-18-30(37)40-24(20-19-23-14-10-8-11-15-23)21-28(41-33(38)39)31-25(26(34)22-27(31)35)16-12-6-7-13-17-29(36)32-4-2/h6,8,10-12,14-15,21,24-27,31,34-35H,3-5,7,9,13,16-20,22H2,1-2H3,(H,32,36)/b12-6-,28-21+/t24-,25-,26-,27+,31+/m0/s1. The summed E-state index contributed by atoms with van der Waals surface area (Å²) in [6, 6.07) is 9.63. The molecule has 10 heteroatoms. The molecule has 1 fully saturated rings. The maximum absolute atomic E-state index is 12.6. The Balaban J connectivity index is 2.21. The maximum Gasteiger partial charge on any atom is 0.306 e. The normalized spacial score (nSPS) is 21.5. The smallest absolute Gasteiger partial charge is 0.306 e. The van der Waals surface area contributed by atoms with Gasteiger partial charge in [-0.25, -0.2) is 0 Å². The number of aryl methyl sites for hydroxylation is 1. The lowest BCUT2D eigenvalue weighted by Crippen LogP contribution is -2.28. The van der Waals surface area contributed by atoms with Crippen molar-refractivity contribution in [1.82, 2.24) is 5.32 Å². The van der Waals surface area contributed by atoms with Gasteiger partial charge in [0.15, 0.2) is 0 Å². The van der Waals surface area contributed by atoms with Gasteiger partial charge >= 0.3 is 5.97 Å². The lowest BCUT2D eigenvalue weighted by molar-refractivity contribution is -0.745. The van der Waals surface area contributed by atoms with Gasteiger partial charge in [0.25, 0.3) is 5.09 Å². The van der Waals surface area contributed by atoms with Crippen LogP contribution in [0.4, 0.5) is 0 Å². The number of rotatable bonds is 19. The second-order valence-electron chi connectivity index (χ2n) is 10.5. The van der Waals surface area contributed by atoms with Gasteiger partial charge in [-0.3, -0.25) is 14.4 Å². The number of hydrogen-bond acceptors (Lipinski definition) is 8. The Morgan fingerprint density at radius 1 is 1.10 bits per heavy atom. The number of unbranched alkanes of at least 4 members (excludes halogenated alkanes) is 3. The molecule has 41 heavy (non-hydrogen) atoms. The van der Waals surface area contributed by atoms with Gasteiger partial charge in [0.2, 0.25) is 5.91 Å². The van der Waals surface area contributed by atoms with Crippen LogP contribution in [0.3, 0.4) is 0 Å². The molecule has 1 aliphatic carbocycles.